The Kier molecular flexibility index (Phi) is 3.38. The van der Waals surface area contributed by atoms with Crippen molar-refractivity contribution in [2.24, 2.45) is 0 Å². The summed E-state index contributed by atoms with van der Waals surface area (Å²) in [6.07, 6.45) is 7.42. The molecule has 5 heterocycles. The summed E-state index contributed by atoms with van der Waals surface area (Å²) in [6.45, 7) is 2.86. The van der Waals surface area contributed by atoms with Gasteiger partial charge in [0, 0.05) is 30.2 Å². The standard InChI is InChI=1S/C19H17N7/c1-12-4-2-6-14(24-12)17-21-10-13-5-3-9-26(19(13)25-17)15-7-8-20-18-16(15)22-11-23-18/h2,4,6-8,10-11H,3,5,9H2,1H3,(H,20,22,23). The largest absolute Gasteiger partial charge is 0.342 e. The first-order valence-corrected chi connectivity index (χ1v) is 8.65. The van der Waals surface area contributed by atoms with Gasteiger partial charge in [-0.05, 0) is 38.0 Å². The number of anilines is 2. The van der Waals surface area contributed by atoms with E-state index in [1.807, 2.05) is 37.4 Å². The van der Waals surface area contributed by atoms with Crippen LogP contribution in [0, 0.1) is 6.92 Å². The normalized spacial score (nSPS) is 13.8. The van der Waals surface area contributed by atoms with Crippen molar-refractivity contribution < 1.29 is 0 Å². The maximum atomic E-state index is 4.87. The molecular formula is C19H17N7. The summed E-state index contributed by atoms with van der Waals surface area (Å²) in [5.74, 6) is 1.58. The number of aromatic amines is 1. The molecule has 0 amide bonds. The molecule has 0 aromatic carbocycles. The number of imidazole rings is 1. The van der Waals surface area contributed by atoms with Gasteiger partial charge in [0.2, 0.25) is 0 Å². The van der Waals surface area contributed by atoms with E-state index in [1.54, 1.807) is 12.5 Å². The molecule has 0 bridgehead atoms. The Morgan fingerprint density at radius 2 is 2.04 bits per heavy atom. The molecular weight excluding hydrogens is 326 g/mol. The SMILES string of the molecule is Cc1cccc(-c2ncc3c(n2)N(c2ccnc4nc[nH]c24)CCC3)n1. The number of hydrogen-bond acceptors (Lipinski definition) is 6. The molecule has 1 aliphatic rings. The monoisotopic (exact) mass is 343 g/mol. The van der Waals surface area contributed by atoms with E-state index in [1.165, 1.54) is 0 Å². The lowest BCUT2D eigenvalue weighted by atomic mass is 10.1. The van der Waals surface area contributed by atoms with Gasteiger partial charge >= 0.3 is 0 Å². The number of nitrogens with zero attached hydrogens (tertiary/aromatic N) is 6. The van der Waals surface area contributed by atoms with Gasteiger partial charge in [0.1, 0.15) is 17.0 Å². The lowest BCUT2D eigenvalue weighted by Crippen LogP contribution is -2.26. The van der Waals surface area contributed by atoms with Gasteiger partial charge in [0.05, 0.1) is 12.0 Å². The summed E-state index contributed by atoms with van der Waals surface area (Å²) in [5.41, 5.74) is 5.57. The molecule has 0 aliphatic carbocycles. The Morgan fingerprint density at radius 1 is 1.08 bits per heavy atom. The molecule has 5 rings (SSSR count). The number of fused-ring (bicyclic) bond motifs is 2. The van der Waals surface area contributed by atoms with Gasteiger partial charge < -0.3 is 9.88 Å². The number of rotatable bonds is 2. The van der Waals surface area contributed by atoms with Crippen molar-refractivity contribution in [3.63, 3.8) is 0 Å². The minimum Gasteiger partial charge on any atom is -0.342 e. The zero-order valence-corrected chi connectivity index (χ0v) is 14.3. The molecule has 4 aromatic heterocycles. The first kappa shape index (κ1) is 14.9. The third-order valence-electron chi connectivity index (χ3n) is 4.64. The van der Waals surface area contributed by atoms with Gasteiger partial charge in [-0.25, -0.2) is 24.9 Å². The minimum absolute atomic E-state index is 0.647. The number of nitrogens with one attached hydrogen (secondary N) is 1. The molecule has 4 aromatic rings. The lowest BCUT2D eigenvalue weighted by molar-refractivity contribution is 0.748. The maximum absolute atomic E-state index is 4.87. The van der Waals surface area contributed by atoms with Gasteiger partial charge in [-0.1, -0.05) is 6.07 Å². The van der Waals surface area contributed by atoms with Gasteiger partial charge in [-0.3, -0.25) is 0 Å². The highest BCUT2D eigenvalue weighted by Gasteiger charge is 2.23. The van der Waals surface area contributed by atoms with Crippen LogP contribution >= 0.6 is 0 Å². The lowest BCUT2D eigenvalue weighted by Gasteiger charge is -2.30. The topological polar surface area (TPSA) is 83.5 Å². The molecule has 0 radical (unpaired) electrons. The van der Waals surface area contributed by atoms with Crippen molar-refractivity contribution in [3.8, 4) is 11.5 Å². The molecule has 0 spiro atoms. The van der Waals surface area contributed by atoms with Crippen LogP contribution in [-0.2, 0) is 6.42 Å². The van der Waals surface area contributed by atoms with Gasteiger partial charge in [-0.2, -0.15) is 0 Å². The zero-order valence-electron chi connectivity index (χ0n) is 14.3. The van der Waals surface area contributed by atoms with E-state index >= 15 is 0 Å². The molecule has 7 nitrogen and oxygen atoms in total. The summed E-state index contributed by atoms with van der Waals surface area (Å²) in [7, 11) is 0. The number of pyridine rings is 2. The zero-order chi connectivity index (χ0) is 17.5. The van der Waals surface area contributed by atoms with Crippen LogP contribution in [0.5, 0.6) is 0 Å². The fraction of sp³-hybridized carbons (Fsp3) is 0.211. The summed E-state index contributed by atoms with van der Waals surface area (Å²) in [5, 5.41) is 0. The number of aromatic nitrogens is 6. The Morgan fingerprint density at radius 3 is 2.96 bits per heavy atom. The van der Waals surface area contributed by atoms with Crippen LogP contribution in [0.15, 0.2) is 43.0 Å². The average molecular weight is 343 g/mol. The highest BCUT2D eigenvalue weighted by molar-refractivity contribution is 5.88. The summed E-state index contributed by atoms with van der Waals surface area (Å²) in [4.78, 5) is 28.0. The van der Waals surface area contributed by atoms with E-state index in [2.05, 4.69) is 29.8 Å². The van der Waals surface area contributed by atoms with Gasteiger partial charge in [-0.15, -0.1) is 0 Å². The Labute approximate surface area is 150 Å². The molecule has 128 valence electrons. The van der Waals surface area contributed by atoms with Gasteiger partial charge in [0.15, 0.2) is 11.5 Å². The highest BCUT2D eigenvalue weighted by Crippen LogP contribution is 2.35. The molecule has 0 unspecified atom stereocenters. The van der Waals surface area contributed by atoms with E-state index in [9.17, 15) is 0 Å². The quantitative estimate of drug-likeness (QED) is 0.602. The average Bonchev–Trinajstić information content (AvgIpc) is 3.16. The van der Waals surface area contributed by atoms with Crippen molar-refractivity contribution >= 4 is 22.7 Å². The van der Waals surface area contributed by atoms with E-state index in [0.29, 0.717) is 11.5 Å². The molecule has 0 saturated carbocycles. The van der Waals surface area contributed by atoms with Crippen molar-refractivity contribution in [1.29, 1.82) is 0 Å². The fourth-order valence-corrected chi connectivity index (χ4v) is 3.43. The fourth-order valence-electron chi connectivity index (χ4n) is 3.43. The van der Waals surface area contributed by atoms with Crippen molar-refractivity contribution in [2.45, 2.75) is 19.8 Å². The molecule has 0 saturated heterocycles. The molecule has 7 heteroatoms. The van der Waals surface area contributed by atoms with Crippen LogP contribution < -0.4 is 4.90 Å². The number of hydrogen-bond donors (Lipinski definition) is 1. The van der Waals surface area contributed by atoms with Crippen LogP contribution in [0.2, 0.25) is 0 Å². The summed E-state index contributed by atoms with van der Waals surface area (Å²) < 4.78 is 0. The van der Waals surface area contributed by atoms with Crippen molar-refractivity contribution in [3.05, 3.63) is 54.2 Å². The molecule has 1 aliphatic heterocycles. The Hall–Kier alpha value is -3.35. The first-order valence-electron chi connectivity index (χ1n) is 8.65. The second-order valence-corrected chi connectivity index (χ2v) is 6.39. The molecule has 0 atom stereocenters. The second-order valence-electron chi connectivity index (χ2n) is 6.39. The van der Waals surface area contributed by atoms with Crippen molar-refractivity contribution in [1.82, 2.24) is 29.9 Å². The van der Waals surface area contributed by atoms with E-state index in [0.717, 1.165) is 53.4 Å². The predicted octanol–water partition coefficient (Wildman–Crippen LogP) is 3.20. The molecule has 0 fully saturated rings. The maximum Gasteiger partial charge on any atom is 0.180 e. The number of H-pyrrole nitrogens is 1. The summed E-state index contributed by atoms with van der Waals surface area (Å²) >= 11 is 0. The van der Waals surface area contributed by atoms with Crippen LogP contribution in [0.4, 0.5) is 11.5 Å². The minimum atomic E-state index is 0.647. The number of aryl methyl sites for hydroxylation is 2. The van der Waals surface area contributed by atoms with Crippen molar-refractivity contribution in [2.75, 3.05) is 11.4 Å². The van der Waals surface area contributed by atoms with E-state index < -0.39 is 0 Å². The Balaban J connectivity index is 1.66. The third kappa shape index (κ3) is 2.40. The van der Waals surface area contributed by atoms with Gasteiger partial charge in [0.25, 0.3) is 0 Å². The molecule has 1 N–H and O–H groups in total. The molecule has 26 heavy (non-hydrogen) atoms. The Bertz CT molecular complexity index is 1100. The van der Waals surface area contributed by atoms with E-state index in [-0.39, 0.29) is 0 Å². The predicted molar refractivity (Wildman–Crippen MR) is 99.2 cm³/mol. The summed E-state index contributed by atoms with van der Waals surface area (Å²) in [6, 6.07) is 7.90. The second kappa shape index (κ2) is 5.87. The van der Waals surface area contributed by atoms with Crippen LogP contribution in [0.3, 0.4) is 0 Å². The van der Waals surface area contributed by atoms with Crippen LogP contribution in [-0.4, -0.2) is 36.4 Å². The van der Waals surface area contributed by atoms with Crippen LogP contribution in [0.1, 0.15) is 17.7 Å². The third-order valence-corrected chi connectivity index (χ3v) is 4.64. The highest BCUT2D eigenvalue weighted by atomic mass is 15.2. The smallest absolute Gasteiger partial charge is 0.180 e. The van der Waals surface area contributed by atoms with Crippen LogP contribution in [0.25, 0.3) is 22.7 Å². The first-order chi connectivity index (χ1) is 12.8. The van der Waals surface area contributed by atoms with E-state index in [4.69, 9.17) is 4.98 Å².